The molecule has 124 valence electrons. The molecule has 0 saturated heterocycles. The zero-order valence-corrected chi connectivity index (χ0v) is 13.4. The van der Waals surface area contributed by atoms with E-state index in [4.69, 9.17) is 22.1 Å². The maximum Gasteiger partial charge on any atom is 0.270 e. The Labute approximate surface area is 142 Å². The highest BCUT2D eigenvalue weighted by Crippen LogP contribution is 2.48. The molecule has 2 heterocycles. The van der Waals surface area contributed by atoms with Crippen molar-refractivity contribution in [2.24, 2.45) is 5.73 Å². The highest BCUT2D eigenvalue weighted by molar-refractivity contribution is 6.33. The number of ether oxygens (including phenoxy) is 1. The number of carbonyl (C=O) groups is 2. The number of hydrogen-bond acceptors (Lipinski definition) is 4. The van der Waals surface area contributed by atoms with Crippen LogP contribution in [-0.2, 0) is 19.9 Å². The minimum atomic E-state index is -1.62. The van der Waals surface area contributed by atoms with E-state index in [1.165, 1.54) is 43.6 Å². The van der Waals surface area contributed by atoms with E-state index >= 15 is 0 Å². The summed E-state index contributed by atoms with van der Waals surface area (Å²) in [4.78, 5) is 29.7. The fourth-order valence-corrected chi connectivity index (χ4v) is 3.19. The van der Waals surface area contributed by atoms with Crippen LogP contribution in [0.25, 0.3) is 0 Å². The van der Waals surface area contributed by atoms with Gasteiger partial charge in [0.1, 0.15) is 18.2 Å². The van der Waals surface area contributed by atoms with Crippen LogP contribution in [0.5, 0.6) is 0 Å². The smallest absolute Gasteiger partial charge is 0.270 e. The summed E-state index contributed by atoms with van der Waals surface area (Å²) >= 11 is 6.29. The number of nitrogens with zero attached hydrogens (tertiary/aromatic N) is 2. The molecule has 24 heavy (non-hydrogen) atoms. The van der Waals surface area contributed by atoms with Gasteiger partial charge in [-0.15, -0.1) is 0 Å². The first-order chi connectivity index (χ1) is 11.4. The summed E-state index contributed by atoms with van der Waals surface area (Å²) in [5.41, 5.74) is 4.29. The molecule has 0 saturated carbocycles. The minimum absolute atomic E-state index is 0.192. The van der Waals surface area contributed by atoms with Gasteiger partial charge in [0.2, 0.25) is 11.5 Å². The van der Waals surface area contributed by atoms with Gasteiger partial charge in [0.25, 0.3) is 5.91 Å². The second-order valence-corrected chi connectivity index (χ2v) is 5.65. The number of carbonyl (C=O) groups excluding carboxylic acids is 2. The summed E-state index contributed by atoms with van der Waals surface area (Å²) in [5.74, 6) is -1.53. The second-order valence-electron chi connectivity index (χ2n) is 5.24. The van der Waals surface area contributed by atoms with Crippen LogP contribution in [0.2, 0.25) is 5.02 Å². The van der Waals surface area contributed by atoms with Crippen LogP contribution in [-0.4, -0.2) is 30.5 Å². The van der Waals surface area contributed by atoms with Crippen molar-refractivity contribution in [3.63, 3.8) is 0 Å². The summed E-state index contributed by atoms with van der Waals surface area (Å²) in [6, 6.07) is 6.79. The van der Waals surface area contributed by atoms with E-state index in [0.717, 1.165) is 4.90 Å². The van der Waals surface area contributed by atoms with Crippen LogP contribution in [0.15, 0.2) is 36.5 Å². The number of rotatable bonds is 4. The van der Waals surface area contributed by atoms with E-state index in [9.17, 15) is 14.0 Å². The van der Waals surface area contributed by atoms with Crippen LogP contribution < -0.4 is 10.6 Å². The van der Waals surface area contributed by atoms with Crippen molar-refractivity contribution >= 4 is 29.2 Å². The number of aromatic nitrogens is 1. The first-order valence-corrected chi connectivity index (χ1v) is 7.36. The lowest BCUT2D eigenvalue weighted by atomic mass is 9.88. The van der Waals surface area contributed by atoms with Gasteiger partial charge in [-0.3, -0.25) is 14.5 Å². The summed E-state index contributed by atoms with van der Waals surface area (Å²) in [6.07, 6.45) is 1.42. The molecule has 6 nitrogen and oxygen atoms in total. The van der Waals surface area contributed by atoms with Crippen molar-refractivity contribution < 1.29 is 18.7 Å². The molecule has 3 rings (SSSR count). The number of halogens is 2. The molecule has 0 bridgehead atoms. The van der Waals surface area contributed by atoms with Crippen LogP contribution >= 0.6 is 11.6 Å². The lowest BCUT2D eigenvalue weighted by Crippen LogP contribution is -2.45. The van der Waals surface area contributed by atoms with E-state index in [1.54, 1.807) is 0 Å². The first kappa shape index (κ1) is 16.4. The van der Waals surface area contributed by atoms with Gasteiger partial charge in [-0.05, 0) is 23.8 Å². The standard InChI is InChI=1S/C16H13ClFN3O3/c1-24-16(9-2-4-10(18)5-3-9)13-11(17)6-7-20-14(13)21(15(16)23)8-12(19)22/h2-7H,8H2,1H3,(H2,19,22)/t16-/m0/s1. The average molecular weight is 350 g/mol. The maximum atomic E-state index is 13.3. The van der Waals surface area contributed by atoms with Crippen molar-refractivity contribution in [2.45, 2.75) is 5.60 Å². The average Bonchev–Trinajstić information content (AvgIpc) is 2.79. The first-order valence-electron chi connectivity index (χ1n) is 6.98. The molecule has 8 heteroatoms. The van der Waals surface area contributed by atoms with Gasteiger partial charge in [-0.1, -0.05) is 23.7 Å². The van der Waals surface area contributed by atoms with Gasteiger partial charge in [0, 0.05) is 13.3 Å². The number of hydrogen-bond donors (Lipinski definition) is 1. The molecule has 1 aromatic heterocycles. The number of nitrogens with two attached hydrogens (primary N) is 1. The maximum absolute atomic E-state index is 13.3. The number of anilines is 1. The molecule has 2 amide bonds. The van der Waals surface area contributed by atoms with E-state index in [0.29, 0.717) is 11.1 Å². The summed E-state index contributed by atoms with van der Waals surface area (Å²) in [5, 5.41) is 0.242. The topological polar surface area (TPSA) is 85.5 Å². The zero-order valence-electron chi connectivity index (χ0n) is 12.6. The molecule has 0 spiro atoms. The Bertz CT molecular complexity index is 828. The van der Waals surface area contributed by atoms with Gasteiger partial charge >= 0.3 is 0 Å². The largest absolute Gasteiger partial charge is 0.368 e. The van der Waals surface area contributed by atoms with E-state index < -0.39 is 23.2 Å². The van der Waals surface area contributed by atoms with E-state index in [2.05, 4.69) is 4.98 Å². The number of methoxy groups -OCH3 is 1. The highest BCUT2D eigenvalue weighted by atomic mass is 35.5. The molecular weight excluding hydrogens is 337 g/mol. The lowest BCUT2D eigenvalue weighted by molar-refractivity contribution is -0.136. The third-order valence-corrected chi connectivity index (χ3v) is 4.22. The van der Waals surface area contributed by atoms with E-state index in [-0.39, 0.29) is 17.4 Å². The van der Waals surface area contributed by atoms with Gasteiger partial charge in [0.05, 0.1) is 10.6 Å². The summed E-state index contributed by atoms with van der Waals surface area (Å²) < 4.78 is 18.9. The Balaban J connectivity index is 2.29. The number of fused-ring (bicyclic) bond motifs is 1. The molecule has 1 aliphatic rings. The van der Waals surface area contributed by atoms with Crippen molar-refractivity contribution in [1.29, 1.82) is 0 Å². The molecule has 0 unspecified atom stereocenters. The van der Waals surface area contributed by atoms with Crippen molar-refractivity contribution in [3.05, 3.63) is 58.5 Å². The summed E-state index contributed by atoms with van der Waals surface area (Å²) in [7, 11) is 1.34. The molecule has 0 radical (unpaired) electrons. The molecule has 1 aromatic carbocycles. The predicted molar refractivity (Wildman–Crippen MR) is 85.0 cm³/mol. The SMILES string of the molecule is CO[C@]1(c2ccc(F)cc2)C(=O)N(CC(N)=O)c2nccc(Cl)c21. The van der Waals surface area contributed by atoms with E-state index in [1.807, 2.05) is 0 Å². The van der Waals surface area contributed by atoms with Crippen LogP contribution in [0.4, 0.5) is 10.2 Å². The second kappa shape index (κ2) is 5.85. The highest BCUT2D eigenvalue weighted by Gasteiger charge is 2.55. The Morgan fingerprint density at radius 1 is 1.38 bits per heavy atom. The van der Waals surface area contributed by atoms with Crippen molar-refractivity contribution in [1.82, 2.24) is 4.98 Å². The zero-order chi connectivity index (χ0) is 17.5. The van der Waals surface area contributed by atoms with Gasteiger partial charge in [0.15, 0.2) is 0 Å². The molecule has 1 aliphatic heterocycles. The Morgan fingerprint density at radius 2 is 2.04 bits per heavy atom. The Kier molecular flexibility index (Phi) is 3.98. The fourth-order valence-electron chi connectivity index (χ4n) is 2.91. The quantitative estimate of drug-likeness (QED) is 0.908. The molecule has 2 N–H and O–H groups in total. The van der Waals surface area contributed by atoms with Gasteiger partial charge in [-0.2, -0.15) is 0 Å². The third-order valence-electron chi connectivity index (χ3n) is 3.91. The predicted octanol–water partition coefficient (Wildman–Crippen LogP) is 1.60. The van der Waals surface area contributed by atoms with Gasteiger partial charge in [-0.25, -0.2) is 9.37 Å². The molecule has 2 aromatic rings. The third kappa shape index (κ3) is 2.24. The number of benzene rings is 1. The number of pyridine rings is 1. The summed E-state index contributed by atoms with van der Waals surface area (Å²) in [6.45, 7) is -0.370. The number of primary amides is 1. The molecule has 0 aliphatic carbocycles. The normalized spacial score (nSPS) is 19.5. The monoisotopic (exact) mass is 349 g/mol. The number of amides is 2. The minimum Gasteiger partial charge on any atom is -0.368 e. The lowest BCUT2D eigenvalue weighted by Gasteiger charge is -2.27. The molecule has 0 fully saturated rings. The van der Waals surface area contributed by atoms with Crippen molar-refractivity contribution in [3.8, 4) is 0 Å². The Hall–Kier alpha value is -2.51. The van der Waals surface area contributed by atoms with Crippen LogP contribution in [0.1, 0.15) is 11.1 Å². The Morgan fingerprint density at radius 3 is 2.62 bits per heavy atom. The van der Waals surface area contributed by atoms with Crippen LogP contribution in [0.3, 0.4) is 0 Å². The van der Waals surface area contributed by atoms with Crippen molar-refractivity contribution in [2.75, 3.05) is 18.6 Å². The molecule has 1 atom stereocenters. The fraction of sp³-hybridized carbons (Fsp3) is 0.188. The molecular formula is C16H13ClFN3O3. The van der Waals surface area contributed by atoms with Crippen LogP contribution in [0, 0.1) is 5.82 Å². The van der Waals surface area contributed by atoms with Gasteiger partial charge < -0.3 is 10.5 Å².